The second-order valence-electron chi connectivity index (χ2n) is 7.10. The van der Waals surface area contributed by atoms with Crippen molar-refractivity contribution in [3.8, 4) is 0 Å². The van der Waals surface area contributed by atoms with Crippen LogP contribution in [0, 0.1) is 5.92 Å². The summed E-state index contributed by atoms with van der Waals surface area (Å²) in [6.07, 6.45) is 6.14. The number of nitrogens with zero attached hydrogens (tertiary/aromatic N) is 4. The number of aryl methyl sites for hydroxylation is 2. The Morgan fingerprint density at radius 1 is 1.20 bits per heavy atom. The van der Waals surface area contributed by atoms with Gasteiger partial charge in [-0.3, -0.25) is 4.79 Å². The molecule has 6 nitrogen and oxygen atoms in total. The van der Waals surface area contributed by atoms with Crippen LogP contribution in [0.15, 0.2) is 6.33 Å². The van der Waals surface area contributed by atoms with Crippen molar-refractivity contribution >= 4 is 33.3 Å². The average Bonchev–Trinajstić information content (AvgIpc) is 3.37. The van der Waals surface area contributed by atoms with E-state index in [1.165, 1.54) is 28.7 Å². The van der Waals surface area contributed by atoms with Crippen LogP contribution >= 0.6 is 11.3 Å². The first-order chi connectivity index (χ1) is 12.3. The topological polar surface area (TPSA) is 58.6 Å². The van der Waals surface area contributed by atoms with Crippen LogP contribution in [0.4, 0.5) is 5.82 Å². The number of rotatable bonds is 2. The maximum atomic E-state index is 12.8. The van der Waals surface area contributed by atoms with E-state index in [0.717, 1.165) is 49.7 Å². The van der Waals surface area contributed by atoms with Gasteiger partial charge in [0.1, 0.15) is 17.0 Å². The smallest absolute Gasteiger partial charge is 0.227 e. The molecule has 4 heterocycles. The number of amides is 1. The lowest BCUT2D eigenvalue weighted by molar-refractivity contribution is -0.138. The van der Waals surface area contributed by atoms with Crippen LogP contribution in [0.1, 0.15) is 23.3 Å². The highest BCUT2D eigenvalue weighted by atomic mass is 32.1. The fourth-order valence-corrected chi connectivity index (χ4v) is 5.57. The Morgan fingerprint density at radius 2 is 2.08 bits per heavy atom. The first-order valence-corrected chi connectivity index (χ1v) is 9.99. The van der Waals surface area contributed by atoms with Gasteiger partial charge >= 0.3 is 0 Å². The van der Waals surface area contributed by atoms with Crippen molar-refractivity contribution in [2.75, 3.05) is 44.3 Å². The molecule has 1 aliphatic carbocycles. The molecule has 0 bridgehead atoms. The number of morpholine rings is 1. The number of carbonyl (C=O) groups is 1. The summed E-state index contributed by atoms with van der Waals surface area (Å²) in [6, 6.07) is 0. The molecule has 2 aromatic heterocycles. The van der Waals surface area contributed by atoms with Crippen molar-refractivity contribution in [1.29, 1.82) is 0 Å². The lowest BCUT2D eigenvalue weighted by atomic mass is 10.1. The highest BCUT2D eigenvalue weighted by molar-refractivity contribution is 7.19. The van der Waals surface area contributed by atoms with Gasteiger partial charge in [0.25, 0.3) is 0 Å². The van der Waals surface area contributed by atoms with E-state index in [4.69, 9.17) is 4.74 Å². The van der Waals surface area contributed by atoms with E-state index in [2.05, 4.69) is 14.9 Å². The molecule has 2 aliphatic heterocycles. The van der Waals surface area contributed by atoms with Crippen LogP contribution in [0.5, 0.6) is 0 Å². The Morgan fingerprint density at radius 3 is 2.96 bits per heavy atom. The standard InChI is InChI=1S/C18H22N4O2S/c23-18(21-6-8-24-9-7-21)12-4-5-22(10-12)16-15-13-2-1-3-14(13)25-17(15)20-11-19-16/h11-12H,1-10H2. The molecule has 1 amide bonds. The predicted octanol–water partition coefficient (Wildman–Crippen LogP) is 1.87. The van der Waals surface area contributed by atoms with Crippen molar-refractivity contribution in [2.45, 2.75) is 25.7 Å². The lowest BCUT2D eigenvalue weighted by Crippen LogP contribution is -2.44. The van der Waals surface area contributed by atoms with Crippen LogP contribution in [0.2, 0.25) is 0 Å². The number of anilines is 1. The molecule has 25 heavy (non-hydrogen) atoms. The van der Waals surface area contributed by atoms with E-state index in [-0.39, 0.29) is 11.8 Å². The number of hydrogen-bond donors (Lipinski definition) is 0. The number of thiophene rings is 1. The summed E-state index contributed by atoms with van der Waals surface area (Å²) >= 11 is 1.82. The number of ether oxygens (including phenoxy) is 1. The molecular weight excluding hydrogens is 336 g/mol. The molecule has 7 heteroatoms. The molecule has 1 unspecified atom stereocenters. The van der Waals surface area contributed by atoms with Gasteiger partial charge in [0.05, 0.1) is 24.5 Å². The fourth-order valence-electron chi connectivity index (χ4n) is 4.35. The third kappa shape index (κ3) is 2.60. The third-order valence-corrected chi connectivity index (χ3v) is 6.84. The molecule has 0 aromatic carbocycles. The van der Waals surface area contributed by atoms with E-state index < -0.39 is 0 Å². The van der Waals surface area contributed by atoms with Crippen LogP contribution in [0.25, 0.3) is 10.2 Å². The maximum Gasteiger partial charge on any atom is 0.227 e. The van der Waals surface area contributed by atoms with Crippen LogP contribution in [-0.2, 0) is 22.4 Å². The molecule has 2 aromatic rings. The number of fused-ring (bicyclic) bond motifs is 3. The zero-order chi connectivity index (χ0) is 16.8. The van der Waals surface area contributed by atoms with E-state index in [1.54, 1.807) is 6.33 Å². The van der Waals surface area contributed by atoms with Gasteiger partial charge in [-0.2, -0.15) is 0 Å². The van der Waals surface area contributed by atoms with Gasteiger partial charge in [-0.1, -0.05) is 0 Å². The van der Waals surface area contributed by atoms with Crippen LogP contribution in [0.3, 0.4) is 0 Å². The molecule has 1 atom stereocenters. The SMILES string of the molecule is O=C(C1CCN(c2ncnc3sc4c(c23)CCC4)C1)N1CCOCC1. The van der Waals surface area contributed by atoms with Gasteiger partial charge in [0.2, 0.25) is 5.91 Å². The fraction of sp³-hybridized carbons (Fsp3) is 0.611. The third-order valence-electron chi connectivity index (χ3n) is 5.64. The van der Waals surface area contributed by atoms with E-state index in [0.29, 0.717) is 13.2 Å². The lowest BCUT2D eigenvalue weighted by Gasteiger charge is -2.29. The monoisotopic (exact) mass is 358 g/mol. The van der Waals surface area contributed by atoms with Gasteiger partial charge in [-0.15, -0.1) is 11.3 Å². The second-order valence-corrected chi connectivity index (χ2v) is 8.19. The summed E-state index contributed by atoms with van der Waals surface area (Å²) in [5.41, 5.74) is 1.46. The van der Waals surface area contributed by atoms with Gasteiger partial charge in [-0.05, 0) is 31.2 Å². The molecule has 2 saturated heterocycles. The Hall–Kier alpha value is -1.73. The first-order valence-electron chi connectivity index (χ1n) is 9.18. The Kier molecular flexibility index (Phi) is 3.86. The summed E-state index contributed by atoms with van der Waals surface area (Å²) in [4.78, 5) is 28.8. The largest absolute Gasteiger partial charge is 0.378 e. The van der Waals surface area contributed by atoms with Gasteiger partial charge < -0.3 is 14.5 Å². The van der Waals surface area contributed by atoms with Gasteiger partial charge in [0.15, 0.2) is 0 Å². The summed E-state index contributed by atoms with van der Waals surface area (Å²) in [7, 11) is 0. The Bertz CT molecular complexity index is 815. The molecule has 0 saturated carbocycles. The van der Waals surface area contributed by atoms with E-state index in [1.807, 2.05) is 16.2 Å². The first kappa shape index (κ1) is 15.5. The molecule has 3 aliphatic rings. The van der Waals surface area contributed by atoms with E-state index >= 15 is 0 Å². The summed E-state index contributed by atoms with van der Waals surface area (Å²) < 4.78 is 5.36. The number of aromatic nitrogens is 2. The predicted molar refractivity (Wildman–Crippen MR) is 97.2 cm³/mol. The van der Waals surface area contributed by atoms with Crippen LogP contribution < -0.4 is 4.90 Å². The molecule has 132 valence electrons. The highest BCUT2D eigenvalue weighted by Gasteiger charge is 2.34. The van der Waals surface area contributed by atoms with Crippen molar-refractivity contribution < 1.29 is 9.53 Å². The van der Waals surface area contributed by atoms with E-state index in [9.17, 15) is 4.79 Å². The van der Waals surface area contributed by atoms with Crippen LogP contribution in [-0.4, -0.2) is 60.2 Å². The second kappa shape index (κ2) is 6.21. The Balaban J connectivity index is 1.40. The molecule has 5 rings (SSSR count). The minimum atomic E-state index is 0.0785. The van der Waals surface area contributed by atoms with Gasteiger partial charge in [-0.25, -0.2) is 9.97 Å². The summed E-state index contributed by atoms with van der Waals surface area (Å²) in [5, 5.41) is 1.25. The molecule has 0 N–H and O–H groups in total. The number of carbonyl (C=O) groups excluding carboxylic acids is 1. The summed E-state index contributed by atoms with van der Waals surface area (Å²) in [5.74, 6) is 1.41. The zero-order valence-electron chi connectivity index (χ0n) is 14.2. The molecule has 0 spiro atoms. The molecule has 2 fully saturated rings. The minimum Gasteiger partial charge on any atom is -0.378 e. The zero-order valence-corrected chi connectivity index (χ0v) is 15.1. The normalized spacial score (nSPS) is 23.4. The highest BCUT2D eigenvalue weighted by Crippen LogP contribution is 2.41. The quantitative estimate of drug-likeness (QED) is 0.820. The summed E-state index contributed by atoms with van der Waals surface area (Å²) in [6.45, 7) is 4.45. The Labute approximate surface area is 150 Å². The van der Waals surface area contributed by atoms with Crippen molar-refractivity contribution in [2.24, 2.45) is 5.92 Å². The minimum absolute atomic E-state index is 0.0785. The molecular formula is C18H22N4O2S. The van der Waals surface area contributed by atoms with Crippen molar-refractivity contribution in [3.05, 3.63) is 16.8 Å². The van der Waals surface area contributed by atoms with Gasteiger partial charge in [0, 0.05) is 31.1 Å². The van der Waals surface area contributed by atoms with Crippen molar-refractivity contribution in [3.63, 3.8) is 0 Å². The number of hydrogen-bond acceptors (Lipinski definition) is 6. The molecule has 0 radical (unpaired) electrons. The maximum absolute atomic E-state index is 12.8. The van der Waals surface area contributed by atoms with Crippen molar-refractivity contribution in [1.82, 2.24) is 14.9 Å². The average molecular weight is 358 g/mol.